The average Bonchev–Trinajstić information content (AvgIpc) is 2.31. The molecule has 4 nitrogen and oxygen atoms in total. The van der Waals surface area contributed by atoms with Gasteiger partial charge in [-0.15, -0.1) is 0 Å². The van der Waals surface area contributed by atoms with Crippen LogP contribution in [0.1, 0.15) is 25.0 Å². The van der Waals surface area contributed by atoms with Gasteiger partial charge < -0.3 is 21.3 Å². The van der Waals surface area contributed by atoms with Gasteiger partial charge in [0.2, 0.25) is 0 Å². The molecule has 0 aliphatic carbocycles. The average molecular weight is 303 g/mol. The third kappa shape index (κ3) is 3.96. The SMILES string of the molecule is CCOc1ccc(C(O)C(N)CCN)cc1Br. The molecule has 5 N–H and O–H groups in total. The second-order valence-electron chi connectivity index (χ2n) is 3.81. The zero-order valence-electron chi connectivity index (χ0n) is 9.90. The molecule has 0 aliphatic rings. The lowest BCUT2D eigenvalue weighted by Gasteiger charge is -2.19. The van der Waals surface area contributed by atoms with Crippen molar-refractivity contribution in [2.45, 2.75) is 25.5 Å². The van der Waals surface area contributed by atoms with Crippen LogP contribution in [-0.2, 0) is 0 Å². The Balaban J connectivity index is 2.81. The van der Waals surface area contributed by atoms with E-state index in [9.17, 15) is 5.11 Å². The molecule has 96 valence electrons. The highest BCUT2D eigenvalue weighted by atomic mass is 79.9. The molecule has 2 atom stereocenters. The first-order valence-electron chi connectivity index (χ1n) is 5.66. The van der Waals surface area contributed by atoms with Crippen LogP contribution in [0, 0.1) is 0 Å². The Morgan fingerprint density at radius 3 is 2.71 bits per heavy atom. The Hall–Kier alpha value is -0.620. The van der Waals surface area contributed by atoms with Gasteiger partial charge in [-0.05, 0) is 53.5 Å². The Morgan fingerprint density at radius 1 is 1.47 bits per heavy atom. The summed E-state index contributed by atoms with van der Waals surface area (Å²) in [6.45, 7) is 3.00. The Morgan fingerprint density at radius 2 is 2.18 bits per heavy atom. The van der Waals surface area contributed by atoms with E-state index in [2.05, 4.69) is 15.9 Å². The van der Waals surface area contributed by atoms with Crippen molar-refractivity contribution in [1.82, 2.24) is 0 Å². The van der Waals surface area contributed by atoms with Crippen LogP contribution in [-0.4, -0.2) is 24.3 Å². The van der Waals surface area contributed by atoms with Gasteiger partial charge >= 0.3 is 0 Å². The van der Waals surface area contributed by atoms with Crippen LogP contribution in [0.5, 0.6) is 5.75 Å². The molecule has 0 aliphatic heterocycles. The standard InChI is InChI=1S/C12H19BrN2O2/c1-2-17-11-4-3-8(7-9(11)13)12(16)10(15)5-6-14/h3-4,7,10,12,16H,2,5-6,14-15H2,1H3. The zero-order valence-corrected chi connectivity index (χ0v) is 11.5. The van der Waals surface area contributed by atoms with E-state index in [0.717, 1.165) is 15.8 Å². The summed E-state index contributed by atoms with van der Waals surface area (Å²) in [5.74, 6) is 0.760. The molecule has 1 aromatic rings. The fourth-order valence-electron chi connectivity index (χ4n) is 1.57. The van der Waals surface area contributed by atoms with Gasteiger partial charge in [-0.2, -0.15) is 0 Å². The molecule has 0 bridgehead atoms. The van der Waals surface area contributed by atoms with Crippen molar-refractivity contribution in [1.29, 1.82) is 0 Å². The summed E-state index contributed by atoms with van der Waals surface area (Å²) in [6.07, 6.45) is -0.114. The van der Waals surface area contributed by atoms with Crippen molar-refractivity contribution in [3.05, 3.63) is 28.2 Å². The van der Waals surface area contributed by atoms with E-state index in [1.54, 1.807) is 0 Å². The molecule has 1 rings (SSSR count). The highest BCUT2D eigenvalue weighted by molar-refractivity contribution is 9.10. The Kier molecular flexibility index (Phi) is 5.91. The van der Waals surface area contributed by atoms with Gasteiger partial charge in [-0.1, -0.05) is 6.07 Å². The van der Waals surface area contributed by atoms with Crippen LogP contribution in [0.25, 0.3) is 0 Å². The maximum absolute atomic E-state index is 10.0. The van der Waals surface area contributed by atoms with Crippen molar-refractivity contribution < 1.29 is 9.84 Å². The van der Waals surface area contributed by atoms with Crippen LogP contribution < -0.4 is 16.2 Å². The summed E-state index contributed by atoms with van der Waals surface area (Å²) in [4.78, 5) is 0. The Labute approximate surface area is 110 Å². The van der Waals surface area contributed by atoms with Gasteiger partial charge in [0.15, 0.2) is 0 Å². The fraction of sp³-hybridized carbons (Fsp3) is 0.500. The van der Waals surface area contributed by atoms with E-state index in [1.807, 2.05) is 25.1 Å². The summed E-state index contributed by atoms with van der Waals surface area (Å²) in [5.41, 5.74) is 12.0. The predicted octanol–water partition coefficient (Wildman–Crippen LogP) is 1.56. The largest absolute Gasteiger partial charge is 0.493 e. The van der Waals surface area contributed by atoms with E-state index >= 15 is 0 Å². The number of nitrogens with two attached hydrogens (primary N) is 2. The minimum absolute atomic E-state index is 0.343. The van der Waals surface area contributed by atoms with Gasteiger partial charge in [0.1, 0.15) is 5.75 Å². The molecule has 5 heteroatoms. The molecule has 0 saturated carbocycles. The molecule has 0 saturated heterocycles. The highest BCUT2D eigenvalue weighted by Crippen LogP contribution is 2.29. The minimum atomic E-state index is -0.703. The number of halogens is 1. The highest BCUT2D eigenvalue weighted by Gasteiger charge is 2.17. The van der Waals surface area contributed by atoms with Crippen LogP contribution in [0.4, 0.5) is 0 Å². The molecule has 0 radical (unpaired) electrons. The van der Waals surface area contributed by atoms with E-state index in [4.69, 9.17) is 16.2 Å². The quantitative estimate of drug-likeness (QED) is 0.745. The van der Waals surface area contributed by atoms with Gasteiger partial charge in [0, 0.05) is 6.04 Å². The summed E-state index contributed by atoms with van der Waals surface area (Å²) < 4.78 is 6.22. The lowest BCUT2D eigenvalue weighted by atomic mass is 10.0. The molecule has 0 amide bonds. The molecule has 2 unspecified atom stereocenters. The lowest BCUT2D eigenvalue weighted by molar-refractivity contribution is 0.143. The molecular formula is C12H19BrN2O2. The lowest BCUT2D eigenvalue weighted by Crippen LogP contribution is -2.30. The number of hydrogen-bond acceptors (Lipinski definition) is 4. The van der Waals surface area contributed by atoms with Crippen LogP contribution in [0.3, 0.4) is 0 Å². The molecule has 0 spiro atoms. The number of aliphatic hydroxyl groups excluding tert-OH is 1. The molecule has 17 heavy (non-hydrogen) atoms. The van der Waals surface area contributed by atoms with Crippen LogP contribution >= 0.6 is 15.9 Å². The number of benzene rings is 1. The molecular weight excluding hydrogens is 284 g/mol. The maximum atomic E-state index is 10.0. The van der Waals surface area contributed by atoms with Crippen molar-refractivity contribution in [3.63, 3.8) is 0 Å². The van der Waals surface area contributed by atoms with Gasteiger partial charge in [0.25, 0.3) is 0 Å². The number of ether oxygens (including phenoxy) is 1. The molecule has 0 fully saturated rings. The zero-order chi connectivity index (χ0) is 12.8. The van der Waals surface area contributed by atoms with E-state index in [-0.39, 0.29) is 6.04 Å². The smallest absolute Gasteiger partial charge is 0.133 e. The minimum Gasteiger partial charge on any atom is -0.493 e. The summed E-state index contributed by atoms with van der Waals surface area (Å²) in [7, 11) is 0. The first kappa shape index (κ1) is 14.4. The van der Waals surface area contributed by atoms with Crippen molar-refractivity contribution >= 4 is 15.9 Å². The first-order chi connectivity index (χ1) is 8.10. The third-order valence-electron chi connectivity index (χ3n) is 2.50. The van der Waals surface area contributed by atoms with Crippen molar-refractivity contribution in [3.8, 4) is 5.75 Å². The van der Waals surface area contributed by atoms with Crippen molar-refractivity contribution in [2.24, 2.45) is 11.5 Å². The van der Waals surface area contributed by atoms with E-state index in [1.165, 1.54) is 0 Å². The maximum Gasteiger partial charge on any atom is 0.133 e. The third-order valence-corrected chi connectivity index (χ3v) is 3.12. The summed E-state index contributed by atoms with van der Waals surface area (Å²) >= 11 is 3.40. The fourth-order valence-corrected chi connectivity index (χ4v) is 2.08. The van der Waals surface area contributed by atoms with E-state index < -0.39 is 6.10 Å². The summed E-state index contributed by atoms with van der Waals surface area (Å²) in [6, 6.07) is 5.12. The number of rotatable bonds is 6. The molecule has 1 aromatic carbocycles. The molecule has 0 aromatic heterocycles. The van der Waals surface area contributed by atoms with Crippen LogP contribution in [0.15, 0.2) is 22.7 Å². The van der Waals surface area contributed by atoms with Crippen molar-refractivity contribution in [2.75, 3.05) is 13.2 Å². The van der Waals surface area contributed by atoms with E-state index in [0.29, 0.717) is 19.6 Å². The second-order valence-corrected chi connectivity index (χ2v) is 4.66. The molecule has 0 heterocycles. The number of aliphatic hydroxyl groups is 1. The van der Waals surface area contributed by atoms with Gasteiger partial charge in [0.05, 0.1) is 17.2 Å². The summed E-state index contributed by atoms with van der Waals surface area (Å²) in [5, 5.41) is 10.0. The van der Waals surface area contributed by atoms with Crippen LogP contribution in [0.2, 0.25) is 0 Å². The van der Waals surface area contributed by atoms with Gasteiger partial charge in [-0.3, -0.25) is 0 Å². The normalized spacial score (nSPS) is 14.4. The van der Waals surface area contributed by atoms with Gasteiger partial charge in [-0.25, -0.2) is 0 Å². The number of hydrogen-bond donors (Lipinski definition) is 3. The first-order valence-corrected chi connectivity index (χ1v) is 6.45. The topological polar surface area (TPSA) is 81.5 Å². The monoisotopic (exact) mass is 302 g/mol. The predicted molar refractivity (Wildman–Crippen MR) is 71.9 cm³/mol. The Bertz CT molecular complexity index is 360. The second kappa shape index (κ2) is 6.96.